The van der Waals surface area contributed by atoms with Crippen LogP contribution >= 0.6 is 0 Å². The summed E-state index contributed by atoms with van der Waals surface area (Å²) in [5.74, 6) is 1.99. The topological polar surface area (TPSA) is 75.9 Å². The van der Waals surface area contributed by atoms with E-state index >= 15 is 0 Å². The molecule has 0 spiro atoms. The molecule has 2 unspecified atom stereocenters. The summed E-state index contributed by atoms with van der Waals surface area (Å²) >= 11 is 0. The minimum atomic E-state index is -0.277. The molecule has 2 saturated heterocycles. The Balaban J connectivity index is 1.36. The lowest BCUT2D eigenvalue weighted by Crippen LogP contribution is -2.30. The van der Waals surface area contributed by atoms with Crippen LogP contribution in [0.2, 0.25) is 0 Å². The minimum Gasteiger partial charge on any atom is -0.354 e. The molecule has 5 heterocycles. The van der Waals surface area contributed by atoms with Crippen LogP contribution in [0.5, 0.6) is 0 Å². The van der Waals surface area contributed by atoms with E-state index in [-0.39, 0.29) is 11.7 Å². The van der Waals surface area contributed by atoms with E-state index in [2.05, 4.69) is 34.7 Å². The van der Waals surface area contributed by atoms with Crippen molar-refractivity contribution in [2.75, 3.05) is 36.0 Å². The summed E-state index contributed by atoms with van der Waals surface area (Å²) in [6.07, 6.45) is 4.85. The average molecular weight is 382 g/mol. The van der Waals surface area contributed by atoms with Gasteiger partial charge < -0.3 is 14.4 Å². The highest BCUT2D eigenvalue weighted by atomic mass is 19.1. The Labute approximate surface area is 162 Å². The molecule has 0 aliphatic carbocycles. The van der Waals surface area contributed by atoms with Crippen LogP contribution in [0.1, 0.15) is 25.5 Å². The summed E-state index contributed by atoms with van der Waals surface area (Å²) < 4.78 is 16.8. The van der Waals surface area contributed by atoms with Gasteiger partial charge >= 0.3 is 0 Å². The van der Waals surface area contributed by atoms with Crippen LogP contribution in [0.3, 0.4) is 0 Å². The lowest BCUT2D eigenvalue weighted by atomic mass is 10.0. The number of hydrogen-bond acceptors (Lipinski definition) is 7. The Morgan fingerprint density at radius 1 is 0.893 bits per heavy atom. The predicted molar refractivity (Wildman–Crippen MR) is 104 cm³/mol. The number of aromatic nitrogens is 6. The van der Waals surface area contributed by atoms with Crippen molar-refractivity contribution in [3.63, 3.8) is 0 Å². The Morgan fingerprint density at radius 3 is 2.18 bits per heavy atom. The molecular weight excluding hydrogens is 359 g/mol. The van der Waals surface area contributed by atoms with Gasteiger partial charge in [0, 0.05) is 45.1 Å². The van der Waals surface area contributed by atoms with Crippen LogP contribution in [0.15, 0.2) is 19.0 Å². The molecular formula is C19H23FN8. The second kappa shape index (κ2) is 6.35. The number of imidazole rings is 1. The summed E-state index contributed by atoms with van der Waals surface area (Å²) in [6.45, 7) is 7.26. The van der Waals surface area contributed by atoms with Gasteiger partial charge in [0.1, 0.15) is 12.7 Å². The molecule has 146 valence electrons. The maximum Gasteiger partial charge on any atom is 0.187 e. The second-order valence-corrected chi connectivity index (χ2v) is 8.11. The molecule has 0 N–H and O–H groups in total. The van der Waals surface area contributed by atoms with Crippen molar-refractivity contribution in [1.82, 2.24) is 29.5 Å². The maximum atomic E-state index is 14.9. The number of rotatable bonds is 3. The highest BCUT2D eigenvalue weighted by Crippen LogP contribution is 2.37. The quantitative estimate of drug-likeness (QED) is 0.686. The molecule has 0 saturated carbocycles. The number of nitrogens with zero attached hydrogens (tertiary/aromatic N) is 8. The summed E-state index contributed by atoms with van der Waals surface area (Å²) in [5.41, 5.74) is 2.17. The summed E-state index contributed by atoms with van der Waals surface area (Å²) in [5, 5.41) is 0. The van der Waals surface area contributed by atoms with Crippen molar-refractivity contribution >= 4 is 22.8 Å². The first-order chi connectivity index (χ1) is 13.5. The molecule has 0 radical (unpaired) electrons. The van der Waals surface area contributed by atoms with E-state index in [4.69, 9.17) is 0 Å². The van der Waals surface area contributed by atoms with E-state index in [1.54, 1.807) is 12.7 Å². The molecule has 5 rings (SSSR count). The fraction of sp³-hybridized carbons (Fsp3) is 0.526. The summed E-state index contributed by atoms with van der Waals surface area (Å²) in [6, 6.07) is 0. The molecule has 2 atom stereocenters. The predicted octanol–water partition coefficient (Wildman–Crippen LogP) is 1.99. The molecule has 2 aliphatic heterocycles. The first-order valence-electron chi connectivity index (χ1n) is 9.65. The van der Waals surface area contributed by atoms with Gasteiger partial charge in [0.05, 0.1) is 12.0 Å². The van der Waals surface area contributed by atoms with Crippen LogP contribution in [-0.2, 0) is 7.05 Å². The molecule has 0 aromatic carbocycles. The second-order valence-electron chi connectivity index (χ2n) is 8.11. The van der Waals surface area contributed by atoms with Gasteiger partial charge in [-0.15, -0.1) is 0 Å². The highest BCUT2D eigenvalue weighted by molar-refractivity contribution is 5.83. The third-order valence-electron chi connectivity index (χ3n) is 5.91. The Morgan fingerprint density at radius 2 is 1.50 bits per heavy atom. The Hall–Kier alpha value is -2.84. The van der Waals surface area contributed by atoms with Crippen LogP contribution < -0.4 is 9.80 Å². The molecule has 28 heavy (non-hydrogen) atoms. The maximum absolute atomic E-state index is 14.9. The van der Waals surface area contributed by atoms with E-state index < -0.39 is 0 Å². The zero-order chi connectivity index (χ0) is 19.4. The molecule has 2 fully saturated rings. The standard InChI is InChI=1S/C19H23FN8/c1-11(2)15-14(20)17(22-8-21-15)27-4-12-6-28(7-13(12)5-27)19-16-18(23-9-24-19)26(3)10-25-16/h8-13H,4-7H2,1-3H3. The molecule has 9 heteroatoms. The monoisotopic (exact) mass is 382 g/mol. The third-order valence-corrected chi connectivity index (χ3v) is 5.91. The number of halogens is 1. The van der Waals surface area contributed by atoms with Gasteiger partial charge in [-0.2, -0.15) is 0 Å². The van der Waals surface area contributed by atoms with Crippen LogP contribution in [0.4, 0.5) is 16.0 Å². The highest BCUT2D eigenvalue weighted by Gasteiger charge is 2.42. The van der Waals surface area contributed by atoms with Gasteiger partial charge in [-0.25, -0.2) is 29.3 Å². The van der Waals surface area contributed by atoms with E-state index in [1.165, 1.54) is 6.33 Å². The van der Waals surface area contributed by atoms with Crippen LogP contribution in [-0.4, -0.2) is 55.7 Å². The number of anilines is 2. The van der Waals surface area contributed by atoms with E-state index in [0.717, 1.165) is 43.2 Å². The van der Waals surface area contributed by atoms with Crippen molar-refractivity contribution in [3.8, 4) is 0 Å². The largest absolute Gasteiger partial charge is 0.354 e. The lowest BCUT2D eigenvalue weighted by molar-refractivity contribution is 0.533. The molecule has 3 aromatic rings. The van der Waals surface area contributed by atoms with Crippen molar-refractivity contribution in [3.05, 3.63) is 30.5 Å². The summed E-state index contributed by atoms with van der Waals surface area (Å²) in [7, 11) is 1.93. The Bertz CT molecular complexity index is 1020. The van der Waals surface area contributed by atoms with E-state index in [9.17, 15) is 4.39 Å². The number of fused-ring (bicyclic) bond motifs is 2. The van der Waals surface area contributed by atoms with Crippen LogP contribution in [0, 0.1) is 17.7 Å². The average Bonchev–Trinajstić information content (AvgIpc) is 3.35. The SMILES string of the molecule is CC(C)c1ncnc(N2CC3CN(c4ncnc5c4ncn5C)CC3C2)c1F. The molecule has 8 nitrogen and oxygen atoms in total. The zero-order valence-electron chi connectivity index (χ0n) is 16.2. The normalized spacial score (nSPS) is 21.9. The fourth-order valence-corrected chi connectivity index (χ4v) is 4.50. The van der Waals surface area contributed by atoms with Gasteiger partial charge in [-0.1, -0.05) is 13.8 Å². The number of aryl methyl sites for hydroxylation is 1. The minimum absolute atomic E-state index is 0.0397. The first kappa shape index (κ1) is 17.3. The van der Waals surface area contributed by atoms with Gasteiger partial charge in [-0.3, -0.25) is 0 Å². The van der Waals surface area contributed by atoms with Gasteiger partial charge in [0.25, 0.3) is 0 Å². The van der Waals surface area contributed by atoms with Crippen LogP contribution in [0.25, 0.3) is 11.2 Å². The first-order valence-corrected chi connectivity index (χ1v) is 9.65. The molecule has 0 amide bonds. The molecule has 3 aromatic heterocycles. The molecule has 0 bridgehead atoms. The van der Waals surface area contributed by atoms with E-state index in [1.807, 2.05) is 25.5 Å². The van der Waals surface area contributed by atoms with Gasteiger partial charge in [0.2, 0.25) is 0 Å². The molecule has 2 aliphatic rings. The van der Waals surface area contributed by atoms with E-state index in [0.29, 0.717) is 23.3 Å². The van der Waals surface area contributed by atoms with Gasteiger partial charge in [0.15, 0.2) is 28.6 Å². The fourth-order valence-electron chi connectivity index (χ4n) is 4.50. The van der Waals surface area contributed by atoms with Crippen molar-refractivity contribution in [2.45, 2.75) is 19.8 Å². The van der Waals surface area contributed by atoms with Crippen molar-refractivity contribution in [1.29, 1.82) is 0 Å². The van der Waals surface area contributed by atoms with Crippen molar-refractivity contribution in [2.24, 2.45) is 18.9 Å². The lowest BCUT2D eigenvalue weighted by Gasteiger charge is -2.24. The van der Waals surface area contributed by atoms with Crippen molar-refractivity contribution < 1.29 is 4.39 Å². The van der Waals surface area contributed by atoms with Gasteiger partial charge in [-0.05, 0) is 5.92 Å². The smallest absolute Gasteiger partial charge is 0.187 e. The summed E-state index contributed by atoms with van der Waals surface area (Å²) in [4.78, 5) is 26.0. The Kier molecular flexibility index (Phi) is 3.92. The zero-order valence-corrected chi connectivity index (χ0v) is 16.2. The number of hydrogen-bond donors (Lipinski definition) is 0. The third kappa shape index (κ3) is 2.60.